The molecule has 0 aliphatic carbocycles. The van der Waals surface area contributed by atoms with Gasteiger partial charge in [0.05, 0.1) is 31.1 Å². The maximum atomic E-state index is 5.60. The minimum atomic E-state index is 0.212. The third-order valence-corrected chi connectivity index (χ3v) is 3.02. The van der Waals surface area contributed by atoms with Crippen molar-refractivity contribution in [1.82, 2.24) is 9.78 Å². The second-order valence-corrected chi connectivity index (χ2v) is 4.31. The fraction of sp³-hybridized carbons (Fsp3) is 0.308. The number of hydrogen-bond donors (Lipinski definition) is 1. The van der Waals surface area contributed by atoms with Crippen molar-refractivity contribution < 1.29 is 4.74 Å². The number of ether oxygens (including phenoxy) is 1. The van der Waals surface area contributed by atoms with Crippen molar-refractivity contribution in [3.8, 4) is 0 Å². The molecule has 2 heterocycles. The molecule has 2 aromatic rings. The van der Waals surface area contributed by atoms with E-state index in [1.165, 1.54) is 11.1 Å². The van der Waals surface area contributed by atoms with Crippen molar-refractivity contribution in [1.29, 1.82) is 0 Å². The summed E-state index contributed by atoms with van der Waals surface area (Å²) in [6, 6.07) is 8.61. The smallest absolute Gasteiger partial charge is 0.0752 e. The van der Waals surface area contributed by atoms with Gasteiger partial charge in [0.25, 0.3) is 0 Å². The molecule has 88 valence electrons. The Morgan fingerprint density at radius 3 is 3.12 bits per heavy atom. The number of nitrogens with one attached hydrogen (secondary N) is 1. The summed E-state index contributed by atoms with van der Waals surface area (Å²) in [5.74, 6) is 0. The lowest BCUT2D eigenvalue weighted by Crippen LogP contribution is -2.22. The van der Waals surface area contributed by atoms with Crippen molar-refractivity contribution in [3.05, 3.63) is 47.8 Å². The van der Waals surface area contributed by atoms with E-state index in [9.17, 15) is 0 Å². The molecule has 1 aromatic heterocycles. The van der Waals surface area contributed by atoms with Gasteiger partial charge in [-0.15, -0.1) is 0 Å². The van der Waals surface area contributed by atoms with Gasteiger partial charge in [0.15, 0.2) is 0 Å². The SMILES string of the molecule is Cn1cc(NC2COCc3ccccc32)cn1. The first-order valence-corrected chi connectivity index (χ1v) is 5.73. The fourth-order valence-corrected chi connectivity index (χ4v) is 2.20. The number of anilines is 1. The van der Waals surface area contributed by atoms with Crippen LogP contribution < -0.4 is 5.32 Å². The normalized spacial score (nSPS) is 18.8. The predicted molar refractivity (Wildman–Crippen MR) is 65.7 cm³/mol. The van der Waals surface area contributed by atoms with Crippen molar-refractivity contribution in [2.75, 3.05) is 11.9 Å². The lowest BCUT2D eigenvalue weighted by atomic mass is 9.99. The second kappa shape index (κ2) is 4.22. The summed E-state index contributed by atoms with van der Waals surface area (Å²) in [5.41, 5.74) is 3.61. The van der Waals surface area contributed by atoms with Gasteiger partial charge in [0.2, 0.25) is 0 Å². The van der Waals surface area contributed by atoms with Crippen molar-refractivity contribution >= 4 is 5.69 Å². The van der Waals surface area contributed by atoms with Crippen LogP contribution in [0.15, 0.2) is 36.7 Å². The van der Waals surface area contributed by atoms with Crippen LogP contribution in [0.3, 0.4) is 0 Å². The first-order valence-electron chi connectivity index (χ1n) is 5.73. The van der Waals surface area contributed by atoms with E-state index in [2.05, 4.69) is 34.7 Å². The Labute approximate surface area is 100 Å². The van der Waals surface area contributed by atoms with Crippen LogP contribution in [0.1, 0.15) is 17.2 Å². The third kappa shape index (κ3) is 2.03. The molecule has 1 aliphatic heterocycles. The van der Waals surface area contributed by atoms with Gasteiger partial charge in [-0.3, -0.25) is 4.68 Å². The molecule has 0 fully saturated rings. The average Bonchev–Trinajstić information content (AvgIpc) is 2.75. The third-order valence-electron chi connectivity index (χ3n) is 3.02. The molecule has 0 spiro atoms. The number of aromatic nitrogens is 2. The zero-order valence-corrected chi connectivity index (χ0v) is 9.76. The maximum absolute atomic E-state index is 5.60. The Morgan fingerprint density at radius 2 is 2.29 bits per heavy atom. The van der Waals surface area contributed by atoms with Gasteiger partial charge in [-0.1, -0.05) is 24.3 Å². The van der Waals surface area contributed by atoms with Gasteiger partial charge < -0.3 is 10.1 Å². The molecule has 0 saturated carbocycles. The first-order chi connectivity index (χ1) is 8.33. The Balaban J connectivity index is 1.85. The summed E-state index contributed by atoms with van der Waals surface area (Å²) in [6.45, 7) is 1.41. The van der Waals surface area contributed by atoms with Gasteiger partial charge in [-0.05, 0) is 11.1 Å². The highest BCUT2D eigenvalue weighted by molar-refractivity contribution is 5.44. The largest absolute Gasteiger partial charge is 0.374 e. The highest BCUT2D eigenvalue weighted by atomic mass is 16.5. The molecule has 0 radical (unpaired) electrons. The minimum Gasteiger partial charge on any atom is -0.374 e. The zero-order valence-electron chi connectivity index (χ0n) is 9.76. The van der Waals surface area contributed by atoms with Crippen molar-refractivity contribution in [3.63, 3.8) is 0 Å². The average molecular weight is 229 g/mol. The number of rotatable bonds is 2. The number of hydrogen-bond acceptors (Lipinski definition) is 3. The molecular weight excluding hydrogens is 214 g/mol. The fourth-order valence-electron chi connectivity index (χ4n) is 2.20. The van der Waals surface area contributed by atoms with Gasteiger partial charge in [0.1, 0.15) is 0 Å². The molecule has 1 atom stereocenters. The van der Waals surface area contributed by atoms with E-state index in [4.69, 9.17) is 4.74 Å². The van der Waals surface area contributed by atoms with Crippen LogP contribution in [0.25, 0.3) is 0 Å². The molecule has 4 nitrogen and oxygen atoms in total. The van der Waals surface area contributed by atoms with E-state index in [1.807, 2.05) is 19.4 Å². The number of aryl methyl sites for hydroxylation is 1. The lowest BCUT2D eigenvalue weighted by molar-refractivity contribution is 0.0970. The number of fused-ring (bicyclic) bond motifs is 1. The molecule has 1 unspecified atom stereocenters. The highest BCUT2D eigenvalue weighted by Crippen LogP contribution is 2.27. The van der Waals surface area contributed by atoms with Gasteiger partial charge >= 0.3 is 0 Å². The summed E-state index contributed by atoms with van der Waals surface area (Å²) in [4.78, 5) is 0. The highest BCUT2D eigenvalue weighted by Gasteiger charge is 2.20. The summed E-state index contributed by atoms with van der Waals surface area (Å²) in [7, 11) is 1.91. The van der Waals surface area contributed by atoms with Crippen LogP contribution in [-0.2, 0) is 18.4 Å². The van der Waals surface area contributed by atoms with Gasteiger partial charge in [-0.2, -0.15) is 5.10 Å². The van der Waals surface area contributed by atoms with E-state index in [1.54, 1.807) is 4.68 Å². The zero-order chi connectivity index (χ0) is 11.7. The molecule has 17 heavy (non-hydrogen) atoms. The van der Waals surface area contributed by atoms with E-state index in [0.717, 1.165) is 5.69 Å². The van der Waals surface area contributed by atoms with Gasteiger partial charge in [-0.25, -0.2) is 0 Å². The Hall–Kier alpha value is -1.81. The topological polar surface area (TPSA) is 39.1 Å². The Morgan fingerprint density at radius 1 is 1.41 bits per heavy atom. The Kier molecular flexibility index (Phi) is 2.57. The molecule has 0 saturated heterocycles. The lowest BCUT2D eigenvalue weighted by Gasteiger charge is -2.26. The van der Waals surface area contributed by atoms with Crippen molar-refractivity contribution in [2.24, 2.45) is 7.05 Å². The van der Waals surface area contributed by atoms with Crippen LogP contribution in [0.2, 0.25) is 0 Å². The molecule has 0 amide bonds. The summed E-state index contributed by atoms with van der Waals surface area (Å²) in [5, 5.41) is 7.60. The Bertz CT molecular complexity index is 521. The second-order valence-electron chi connectivity index (χ2n) is 4.31. The molecule has 0 bridgehead atoms. The van der Waals surface area contributed by atoms with Crippen LogP contribution in [0, 0.1) is 0 Å². The van der Waals surface area contributed by atoms with Crippen LogP contribution >= 0.6 is 0 Å². The monoisotopic (exact) mass is 229 g/mol. The van der Waals surface area contributed by atoms with E-state index in [-0.39, 0.29) is 6.04 Å². The van der Waals surface area contributed by atoms with Gasteiger partial charge in [0, 0.05) is 13.2 Å². The van der Waals surface area contributed by atoms with Crippen LogP contribution in [0.5, 0.6) is 0 Å². The number of benzene rings is 1. The van der Waals surface area contributed by atoms with Crippen LogP contribution in [-0.4, -0.2) is 16.4 Å². The number of nitrogens with zero attached hydrogens (tertiary/aromatic N) is 2. The van der Waals surface area contributed by atoms with Crippen LogP contribution in [0.4, 0.5) is 5.69 Å². The molecule has 1 aliphatic rings. The molecule has 4 heteroatoms. The molecular formula is C13H15N3O. The maximum Gasteiger partial charge on any atom is 0.0752 e. The first kappa shape index (κ1) is 10.4. The molecule has 1 N–H and O–H groups in total. The predicted octanol–water partition coefficient (Wildman–Crippen LogP) is 2.10. The van der Waals surface area contributed by atoms with Crippen molar-refractivity contribution in [2.45, 2.75) is 12.6 Å². The van der Waals surface area contributed by atoms with E-state index >= 15 is 0 Å². The van der Waals surface area contributed by atoms with E-state index < -0.39 is 0 Å². The minimum absolute atomic E-state index is 0.212. The van der Waals surface area contributed by atoms with E-state index in [0.29, 0.717) is 13.2 Å². The summed E-state index contributed by atoms with van der Waals surface area (Å²) in [6.07, 6.45) is 3.80. The summed E-state index contributed by atoms with van der Waals surface area (Å²) < 4.78 is 7.39. The molecule has 1 aromatic carbocycles. The summed E-state index contributed by atoms with van der Waals surface area (Å²) >= 11 is 0. The quantitative estimate of drug-likeness (QED) is 0.857. The molecule has 3 rings (SSSR count). The standard InChI is InChI=1S/C13H15N3O/c1-16-7-11(6-14-16)15-13-9-17-8-10-4-2-3-5-12(10)13/h2-7,13,15H,8-9H2,1H3.